The van der Waals surface area contributed by atoms with Crippen LogP contribution in [0.5, 0.6) is 0 Å². The summed E-state index contributed by atoms with van der Waals surface area (Å²) in [5.74, 6) is 2.04. The zero-order valence-electron chi connectivity index (χ0n) is 13.7. The van der Waals surface area contributed by atoms with Crippen molar-refractivity contribution in [2.45, 2.75) is 58.4 Å². The number of hydrogen-bond donors (Lipinski definition) is 2. The Morgan fingerprint density at radius 2 is 1.95 bits per heavy atom. The van der Waals surface area contributed by atoms with Gasteiger partial charge < -0.3 is 10.6 Å². The van der Waals surface area contributed by atoms with E-state index in [1.54, 1.807) is 7.05 Å². The van der Waals surface area contributed by atoms with Crippen LogP contribution >= 0.6 is 0 Å². The third-order valence-corrected chi connectivity index (χ3v) is 5.57. The van der Waals surface area contributed by atoms with Gasteiger partial charge in [0.2, 0.25) is 0 Å². The third-order valence-electron chi connectivity index (χ3n) is 3.80. The second kappa shape index (κ2) is 9.28. The van der Waals surface area contributed by atoms with Crippen LogP contribution in [0.25, 0.3) is 0 Å². The average Bonchev–Trinajstić information content (AvgIpc) is 2.75. The summed E-state index contributed by atoms with van der Waals surface area (Å²) in [5.41, 5.74) is 0. The van der Waals surface area contributed by atoms with E-state index in [1.165, 1.54) is 25.7 Å². The van der Waals surface area contributed by atoms with Gasteiger partial charge in [0.05, 0.1) is 11.5 Å². The predicted octanol–water partition coefficient (Wildman–Crippen LogP) is 1.95. The van der Waals surface area contributed by atoms with Crippen LogP contribution in [0.3, 0.4) is 0 Å². The van der Waals surface area contributed by atoms with Crippen molar-refractivity contribution >= 4 is 15.8 Å². The van der Waals surface area contributed by atoms with Gasteiger partial charge in [0.15, 0.2) is 15.8 Å². The fourth-order valence-corrected chi connectivity index (χ4v) is 4.21. The fourth-order valence-electron chi connectivity index (χ4n) is 2.53. The first-order valence-electron chi connectivity index (χ1n) is 8.10. The normalized spacial score (nSPS) is 21.7. The minimum Gasteiger partial charge on any atom is -0.356 e. The van der Waals surface area contributed by atoms with Crippen molar-refractivity contribution in [1.29, 1.82) is 0 Å². The maximum atomic E-state index is 11.4. The molecule has 1 heterocycles. The van der Waals surface area contributed by atoms with Gasteiger partial charge >= 0.3 is 0 Å². The van der Waals surface area contributed by atoms with E-state index >= 15 is 0 Å². The van der Waals surface area contributed by atoms with Crippen LogP contribution in [0.1, 0.15) is 52.4 Å². The van der Waals surface area contributed by atoms with Crippen LogP contribution in [0, 0.1) is 5.92 Å². The zero-order chi connectivity index (χ0) is 15.7. The van der Waals surface area contributed by atoms with Gasteiger partial charge in [0.1, 0.15) is 0 Å². The highest BCUT2D eigenvalue weighted by molar-refractivity contribution is 7.91. The highest BCUT2D eigenvalue weighted by Crippen LogP contribution is 2.11. The Balaban J connectivity index is 2.10. The molecule has 0 bridgehead atoms. The maximum absolute atomic E-state index is 11.4. The smallest absolute Gasteiger partial charge is 0.191 e. The maximum Gasteiger partial charge on any atom is 0.191 e. The minimum absolute atomic E-state index is 0.00671. The average molecular weight is 317 g/mol. The van der Waals surface area contributed by atoms with Gasteiger partial charge in [0.25, 0.3) is 0 Å². The minimum atomic E-state index is -2.84. The molecule has 0 radical (unpaired) electrons. The van der Waals surface area contributed by atoms with Crippen molar-refractivity contribution in [2.75, 3.05) is 25.1 Å². The van der Waals surface area contributed by atoms with Crippen molar-refractivity contribution in [2.24, 2.45) is 10.9 Å². The Bertz CT molecular complexity index is 419. The van der Waals surface area contributed by atoms with Crippen LogP contribution in [-0.2, 0) is 9.84 Å². The molecule has 1 fully saturated rings. The molecule has 124 valence electrons. The number of nitrogens with zero attached hydrogens (tertiary/aromatic N) is 1. The number of guanidine groups is 1. The molecule has 1 rings (SSSR count). The molecular weight excluding hydrogens is 286 g/mol. The van der Waals surface area contributed by atoms with Gasteiger partial charge in [-0.05, 0) is 18.8 Å². The third kappa shape index (κ3) is 8.29. The quantitative estimate of drug-likeness (QED) is 0.408. The van der Waals surface area contributed by atoms with Crippen LogP contribution in [0.15, 0.2) is 4.99 Å². The van der Waals surface area contributed by atoms with Gasteiger partial charge in [-0.25, -0.2) is 8.42 Å². The van der Waals surface area contributed by atoms with E-state index in [0.29, 0.717) is 6.42 Å². The fraction of sp³-hybridized carbons (Fsp3) is 0.933. The first-order valence-corrected chi connectivity index (χ1v) is 9.92. The summed E-state index contributed by atoms with van der Waals surface area (Å²) in [4.78, 5) is 4.16. The summed E-state index contributed by atoms with van der Waals surface area (Å²) in [6.07, 6.45) is 6.94. The number of aliphatic imine (C=N–C) groups is 1. The number of unbranched alkanes of at least 4 members (excludes halogenated alkanes) is 3. The lowest BCUT2D eigenvalue weighted by molar-refractivity contribution is 0.518. The molecule has 0 aliphatic carbocycles. The van der Waals surface area contributed by atoms with Crippen molar-refractivity contribution in [3.8, 4) is 0 Å². The van der Waals surface area contributed by atoms with Crippen molar-refractivity contribution in [3.63, 3.8) is 0 Å². The molecule has 1 saturated heterocycles. The Morgan fingerprint density at radius 3 is 2.52 bits per heavy atom. The topological polar surface area (TPSA) is 70.6 Å². The van der Waals surface area contributed by atoms with Gasteiger partial charge in [0, 0.05) is 19.6 Å². The first kappa shape index (κ1) is 18.3. The van der Waals surface area contributed by atoms with E-state index in [9.17, 15) is 8.42 Å². The molecule has 2 N–H and O–H groups in total. The lowest BCUT2D eigenvalue weighted by atomic mass is 10.0. The van der Waals surface area contributed by atoms with Gasteiger partial charge in [-0.2, -0.15) is 0 Å². The largest absolute Gasteiger partial charge is 0.356 e. The summed E-state index contributed by atoms with van der Waals surface area (Å²) >= 11 is 0. The molecule has 0 aromatic heterocycles. The lowest BCUT2D eigenvalue weighted by Crippen LogP contribution is -2.44. The molecule has 0 aromatic carbocycles. The van der Waals surface area contributed by atoms with Crippen molar-refractivity contribution < 1.29 is 8.42 Å². The molecule has 0 amide bonds. The summed E-state index contributed by atoms with van der Waals surface area (Å²) in [5, 5.41) is 6.47. The van der Waals surface area contributed by atoms with Gasteiger partial charge in [-0.3, -0.25) is 4.99 Å². The van der Waals surface area contributed by atoms with Crippen LogP contribution in [-0.4, -0.2) is 45.5 Å². The predicted molar refractivity (Wildman–Crippen MR) is 89.5 cm³/mol. The first-order chi connectivity index (χ1) is 9.93. The SMILES string of the molecule is CN=C(NCCCCCCC(C)C)NC1CCS(=O)(=O)C1. The van der Waals surface area contributed by atoms with Crippen LogP contribution in [0.2, 0.25) is 0 Å². The molecule has 0 saturated carbocycles. The van der Waals surface area contributed by atoms with Crippen LogP contribution < -0.4 is 10.6 Å². The molecule has 1 aliphatic rings. The Hall–Kier alpha value is -0.780. The van der Waals surface area contributed by atoms with E-state index in [2.05, 4.69) is 29.5 Å². The molecule has 0 spiro atoms. The van der Waals surface area contributed by atoms with Crippen molar-refractivity contribution in [1.82, 2.24) is 10.6 Å². The van der Waals surface area contributed by atoms with E-state index in [-0.39, 0.29) is 17.5 Å². The van der Waals surface area contributed by atoms with Gasteiger partial charge in [-0.15, -0.1) is 0 Å². The summed E-state index contributed by atoms with van der Waals surface area (Å²) < 4.78 is 22.8. The molecule has 6 heteroatoms. The monoisotopic (exact) mass is 317 g/mol. The number of rotatable bonds is 8. The second-order valence-corrected chi connectivity index (χ2v) is 8.57. The number of nitrogens with one attached hydrogen (secondary N) is 2. The Kier molecular flexibility index (Phi) is 8.07. The standard InChI is InChI=1S/C15H31N3O2S/c1-13(2)8-6-4-5-7-10-17-15(16-3)18-14-9-11-21(19,20)12-14/h13-14H,4-12H2,1-3H3,(H2,16,17,18). The highest BCUT2D eigenvalue weighted by atomic mass is 32.2. The van der Waals surface area contributed by atoms with Crippen LogP contribution in [0.4, 0.5) is 0 Å². The molecular formula is C15H31N3O2S. The summed E-state index contributed by atoms with van der Waals surface area (Å²) in [7, 11) is -1.11. The molecule has 0 aromatic rings. The summed E-state index contributed by atoms with van der Waals surface area (Å²) in [6.45, 7) is 5.42. The van der Waals surface area contributed by atoms with E-state index in [4.69, 9.17) is 0 Å². The Morgan fingerprint density at radius 1 is 1.24 bits per heavy atom. The number of hydrogen-bond acceptors (Lipinski definition) is 3. The lowest BCUT2D eigenvalue weighted by Gasteiger charge is -2.16. The molecule has 5 nitrogen and oxygen atoms in total. The van der Waals surface area contributed by atoms with E-state index in [1.807, 2.05) is 0 Å². The second-order valence-electron chi connectivity index (χ2n) is 6.34. The van der Waals surface area contributed by atoms with Crippen molar-refractivity contribution in [3.05, 3.63) is 0 Å². The molecule has 21 heavy (non-hydrogen) atoms. The summed E-state index contributed by atoms with van der Waals surface area (Å²) in [6, 6.07) is 0.00671. The van der Waals surface area contributed by atoms with Gasteiger partial charge in [-0.1, -0.05) is 39.5 Å². The molecule has 1 unspecified atom stereocenters. The van der Waals surface area contributed by atoms with E-state index in [0.717, 1.165) is 24.8 Å². The zero-order valence-corrected chi connectivity index (χ0v) is 14.5. The molecule has 1 aliphatic heterocycles. The molecule has 1 atom stereocenters. The number of sulfone groups is 1. The van der Waals surface area contributed by atoms with E-state index < -0.39 is 9.84 Å². The highest BCUT2D eigenvalue weighted by Gasteiger charge is 2.28. The Labute approximate surface area is 129 Å².